The van der Waals surface area contributed by atoms with E-state index < -0.39 is 0 Å². The first-order valence-electron chi connectivity index (χ1n) is 6.99. The van der Waals surface area contributed by atoms with Crippen LogP contribution in [0.4, 0.5) is 0 Å². The lowest BCUT2D eigenvalue weighted by Gasteiger charge is -2.18. The number of nitrogens with zero attached hydrogens (tertiary/aromatic N) is 1. The number of halogens is 1. The number of nitrogens with one attached hydrogen (secondary N) is 1. The summed E-state index contributed by atoms with van der Waals surface area (Å²) >= 11 is 7.81. The molecule has 0 amide bonds. The van der Waals surface area contributed by atoms with Gasteiger partial charge in [-0.1, -0.05) is 37.6 Å². The smallest absolute Gasteiger partial charge is 0.0928 e. The molecule has 20 heavy (non-hydrogen) atoms. The van der Waals surface area contributed by atoms with Gasteiger partial charge in [0.05, 0.1) is 5.01 Å². The molecule has 0 aliphatic rings. The van der Waals surface area contributed by atoms with Crippen LogP contribution in [0.1, 0.15) is 24.4 Å². The molecule has 0 radical (unpaired) electrons. The molecule has 0 spiro atoms. The van der Waals surface area contributed by atoms with Gasteiger partial charge in [0.1, 0.15) is 0 Å². The molecule has 1 N–H and O–H groups in total. The quantitative estimate of drug-likeness (QED) is 0.829. The van der Waals surface area contributed by atoms with E-state index in [1.165, 1.54) is 10.6 Å². The lowest BCUT2D eigenvalue weighted by molar-refractivity contribution is 0.443. The topological polar surface area (TPSA) is 24.9 Å². The Bertz CT molecular complexity index is 511. The Morgan fingerprint density at radius 3 is 2.80 bits per heavy atom. The molecule has 2 aromatic rings. The first-order valence-corrected chi connectivity index (χ1v) is 8.25. The maximum Gasteiger partial charge on any atom is 0.0928 e. The van der Waals surface area contributed by atoms with E-state index in [9.17, 15) is 0 Å². The first kappa shape index (κ1) is 15.5. The van der Waals surface area contributed by atoms with E-state index in [4.69, 9.17) is 11.6 Å². The largest absolute Gasteiger partial charge is 0.314 e. The van der Waals surface area contributed by atoms with Crippen molar-refractivity contribution in [3.8, 4) is 0 Å². The SMILES string of the molecule is CC(C)NCC(Cc1cccc(Cl)c1)Cc1nccs1. The zero-order valence-corrected chi connectivity index (χ0v) is 13.5. The van der Waals surface area contributed by atoms with Crippen LogP contribution in [0.25, 0.3) is 0 Å². The van der Waals surface area contributed by atoms with Gasteiger partial charge < -0.3 is 5.32 Å². The molecule has 1 aromatic carbocycles. The average molecular weight is 309 g/mol. The molecule has 0 aliphatic heterocycles. The van der Waals surface area contributed by atoms with E-state index >= 15 is 0 Å². The van der Waals surface area contributed by atoms with Crippen molar-refractivity contribution in [3.05, 3.63) is 51.4 Å². The molecule has 1 atom stereocenters. The van der Waals surface area contributed by atoms with E-state index in [-0.39, 0.29) is 0 Å². The van der Waals surface area contributed by atoms with Crippen LogP contribution >= 0.6 is 22.9 Å². The zero-order valence-electron chi connectivity index (χ0n) is 12.0. The molecule has 2 rings (SSSR count). The molecular weight excluding hydrogens is 288 g/mol. The highest BCUT2D eigenvalue weighted by atomic mass is 35.5. The predicted molar refractivity (Wildman–Crippen MR) is 87.6 cm³/mol. The number of aromatic nitrogens is 1. The molecule has 1 heterocycles. The van der Waals surface area contributed by atoms with Crippen molar-refractivity contribution in [2.45, 2.75) is 32.7 Å². The highest BCUT2D eigenvalue weighted by molar-refractivity contribution is 7.09. The van der Waals surface area contributed by atoms with Crippen LogP contribution in [-0.2, 0) is 12.8 Å². The average Bonchev–Trinajstić information content (AvgIpc) is 2.89. The van der Waals surface area contributed by atoms with Gasteiger partial charge in [0, 0.05) is 29.1 Å². The van der Waals surface area contributed by atoms with E-state index in [1.807, 2.05) is 23.7 Å². The van der Waals surface area contributed by atoms with Crippen molar-refractivity contribution in [2.75, 3.05) is 6.54 Å². The summed E-state index contributed by atoms with van der Waals surface area (Å²) in [5.41, 5.74) is 1.30. The van der Waals surface area contributed by atoms with Gasteiger partial charge >= 0.3 is 0 Å². The second-order valence-corrected chi connectivity index (χ2v) is 6.81. The summed E-state index contributed by atoms with van der Waals surface area (Å²) in [6.07, 6.45) is 3.93. The highest BCUT2D eigenvalue weighted by Crippen LogP contribution is 2.18. The van der Waals surface area contributed by atoms with Gasteiger partial charge in [-0.25, -0.2) is 4.98 Å². The predicted octanol–water partition coefficient (Wildman–Crippen LogP) is 4.20. The number of thiazole rings is 1. The summed E-state index contributed by atoms with van der Waals surface area (Å²) in [5, 5.41) is 7.60. The molecule has 108 valence electrons. The standard InChI is InChI=1S/C16H21ClN2S/c1-12(2)19-11-14(10-16-18-6-7-20-16)8-13-4-3-5-15(17)9-13/h3-7,9,12,14,19H,8,10-11H2,1-2H3. The fourth-order valence-corrected chi connectivity index (χ4v) is 3.16. The maximum atomic E-state index is 6.07. The van der Waals surface area contributed by atoms with Crippen LogP contribution in [-0.4, -0.2) is 17.6 Å². The zero-order chi connectivity index (χ0) is 14.4. The molecular formula is C16H21ClN2S. The number of hydrogen-bond donors (Lipinski definition) is 1. The third kappa shape index (κ3) is 5.23. The minimum absolute atomic E-state index is 0.508. The lowest BCUT2D eigenvalue weighted by atomic mass is 9.96. The van der Waals surface area contributed by atoms with Gasteiger partial charge in [0.25, 0.3) is 0 Å². The fraction of sp³-hybridized carbons (Fsp3) is 0.438. The third-order valence-electron chi connectivity index (χ3n) is 3.17. The Labute approximate surface area is 130 Å². The Balaban J connectivity index is 2.01. The molecule has 0 fully saturated rings. The second kappa shape index (κ2) is 7.77. The molecule has 0 bridgehead atoms. The molecule has 0 aliphatic carbocycles. The second-order valence-electron chi connectivity index (χ2n) is 5.39. The monoisotopic (exact) mass is 308 g/mol. The first-order chi connectivity index (χ1) is 9.63. The van der Waals surface area contributed by atoms with E-state index in [0.29, 0.717) is 12.0 Å². The summed E-state index contributed by atoms with van der Waals surface area (Å²) in [5.74, 6) is 0.544. The Morgan fingerprint density at radius 2 is 2.15 bits per heavy atom. The van der Waals surface area contributed by atoms with Gasteiger partial charge in [-0.3, -0.25) is 0 Å². The van der Waals surface area contributed by atoms with E-state index in [0.717, 1.165) is 24.4 Å². The summed E-state index contributed by atoms with van der Waals surface area (Å²) in [6.45, 7) is 5.36. The van der Waals surface area contributed by atoms with Crippen molar-refractivity contribution in [2.24, 2.45) is 5.92 Å². The van der Waals surface area contributed by atoms with Crippen molar-refractivity contribution in [1.82, 2.24) is 10.3 Å². The van der Waals surface area contributed by atoms with Crippen LogP contribution in [0, 0.1) is 5.92 Å². The van der Waals surface area contributed by atoms with Crippen molar-refractivity contribution in [1.29, 1.82) is 0 Å². The van der Waals surface area contributed by atoms with Gasteiger partial charge in [-0.15, -0.1) is 11.3 Å². The van der Waals surface area contributed by atoms with Gasteiger partial charge in [-0.2, -0.15) is 0 Å². The summed E-state index contributed by atoms with van der Waals surface area (Å²) in [7, 11) is 0. The van der Waals surface area contributed by atoms with E-state index in [1.54, 1.807) is 11.3 Å². The molecule has 1 aromatic heterocycles. The van der Waals surface area contributed by atoms with Crippen LogP contribution < -0.4 is 5.32 Å². The van der Waals surface area contributed by atoms with Crippen LogP contribution in [0.2, 0.25) is 5.02 Å². The van der Waals surface area contributed by atoms with Crippen LogP contribution in [0.3, 0.4) is 0 Å². The number of hydrogen-bond acceptors (Lipinski definition) is 3. The van der Waals surface area contributed by atoms with Crippen LogP contribution in [0.15, 0.2) is 35.8 Å². The minimum atomic E-state index is 0.508. The third-order valence-corrected chi connectivity index (χ3v) is 4.21. The Kier molecular flexibility index (Phi) is 6.02. The molecule has 0 saturated carbocycles. The van der Waals surface area contributed by atoms with Crippen molar-refractivity contribution >= 4 is 22.9 Å². The van der Waals surface area contributed by atoms with Gasteiger partial charge in [-0.05, 0) is 36.6 Å². The molecule has 1 unspecified atom stereocenters. The minimum Gasteiger partial charge on any atom is -0.314 e. The summed E-state index contributed by atoms with van der Waals surface area (Å²) in [6, 6.07) is 8.66. The van der Waals surface area contributed by atoms with Gasteiger partial charge in [0.2, 0.25) is 0 Å². The number of benzene rings is 1. The summed E-state index contributed by atoms with van der Waals surface area (Å²) < 4.78 is 0. The van der Waals surface area contributed by atoms with Gasteiger partial charge in [0.15, 0.2) is 0 Å². The normalized spacial score (nSPS) is 12.8. The Hall–Kier alpha value is -0.900. The fourth-order valence-electron chi connectivity index (χ4n) is 2.22. The van der Waals surface area contributed by atoms with Crippen molar-refractivity contribution in [3.63, 3.8) is 0 Å². The molecule has 4 heteroatoms. The molecule has 2 nitrogen and oxygen atoms in total. The number of rotatable bonds is 7. The molecule has 0 saturated heterocycles. The highest BCUT2D eigenvalue weighted by Gasteiger charge is 2.13. The van der Waals surface area contributed by atoms with Crippen LogP contribution in [0.5, 0.6) is 0 Å². The maximum absolute atomic E-state index is 6.07. The summed E-state index contributed by atoms with van der Waals surface area (Å²) in [4.78, 5) is 4.41. The van der Waals surface area contributed by atoms with E-state index in [2.05, 4.69) is 36.3 Å². The lowest BCUT2D eigenvalue weighted by Crippen LogP contribution is -2.31. The Morgan fingerprint density at radius 1 is 1.30 bits per heavy atom. The van der Waals surface area contributed by atoms with Crippen molar-refractivity contribution < 1.29 is 0 Å².